The first-order valence-corrected chi connectivity index (χ1v) is 4.56. The van der Waals surface area contributed by atoms with Gasteiger partial charge in [-0.05, 0) is 19.1 Å². The molecule has 0 bridgehead atoms. The molecule has 2 rings (SSSR count). The molecule has 1 heterocycles. The van der Waals surface area contributed by atoms with Gasteiger partial charge >= 0.3 is 5.69 Å². The van der Waals surface area contributed by atoms with Crippen molar-refractivity contribution >= 4 is 0 Å². The van der Waals surface area contributed by atoms with Crippen molar-refractivity contribution in [1.82, 2.24) is 9.55 Å². The van der Waals surface area contributed by atoms with Crippen LogP contribution >= 0.6 is 0 Å². The Labute approximate surface area is 85.8 Å². The van der Waals surface area contributed by atoms with E-state index < -0.39 is 5.69 Å². The van der Waals surface area contributed by atoms with E-state index in [0.29, 0.717) is 0 Å². The van der Waals surface area contributed by atoms with Gasteiger partial charge in [0, 0.05) is 12.3 Å². The molecule has 1 aromatic carbocycles. The minimum absolute atomic E-state index is 0.386. The molecule has 0 aliphatic carbocycles. The van der Waals surface area contributed by atoms with Gasteiger partial charge in [0.15, 0.2) is 0 Å². The van der Waals surface area contributed by atoms with E-state index in [4.69, 9.17) is 0 Å². The summed E-state index contributed by atoms with van der Waals surface area (Å²) in [5.74, 6) is 0. The summed E-state index contributed by atoms with van der Waals surface area (Å²) in [7, 11) is 0. The van der Waals surface area contributed by atoms with Crippen LogP contribution in [0.4, 0.5) is 0 Å². The summed E-state index contributed by atoms with van der Waals surface area (Å²) in [5, 5.41) is 0. The molecule has 0 saturated carbocycles. The van der Waals surface area contributed by atoms with Crippen molar-refractivity contribution < 1.29 is 0 Å². The average Bonchev–Trinajstić information content (AvgIpc) is 2.20. The van der Waals surface area contributed by atoms with Gasteiger partial charge in [-0.15, -0.1) is 0 Å². The Balaban J connectivity index is 2.59. The second-order valence-electron chi connectivity index (χ2n) is 3.32. The number of nitrogens with zero attached hydrogens (tertiary/aromatic N) is 1. The molecule has 15 heavy (non-hydrogen) atoms. The Morgan fingerprint density at radius 1 is 1.07 bits per heavy atom. The minimum atomic E-state index is -0.425. The molecule has 4 heteroatoms. The molecule has 0 radical (unpaired) electrons. The molecular formula is C11H10N2O2. The van der Waals surface area contributed by atoms with E-state index >= 15 is 0 Å². The highest BCUT2D eigenvalue weighted by atomic mass is 16.2. The van der Waals surface area contributed by atoms with Crippen molar-refractivity contribution in [3.8, 4) is 5.69 Å². The van der Waals surface area contributed by atoms with Gasteiger partial charge in [0.05, 0.1) is 5.69 Å². The Morgan fingerprint density at radius 2 is 1.73 bits per heavy atom. The molecular weight excluding hydrogens is 192 g/mol. The third kappa shape index (κ3) is 1.88. The first kappa shape index (κ1) is 9.45. The number of aryl methyl sites for hydroxylation is 1. The predicted octanol–water partition coefficient (Wildman–Crippen LogP) is 0.834. The van der Waals surface area contributed by atoms with Gasteiger partial charge in [0.25, 0.3) is 5.56 Å². The van der Waals surface area contributed by atoms with E-state index in [0.717, 1.165) is 11.3 Å². The van der Waals surface area contributed by atoms with Crippen LogP contribution < -0.4 is 11.2 Å². The standard InChI is InChI=1S/C11H10N2O2/c1-8-2-4-9(5-3-8)13-7-6-10(14)12-11(13)15/h2-7H,1H3,(H,12,14,15). The summed E-state index contributed by atoms with van der Waals surface area (Å²) in [6.07, 6.45) is 1.46. The molecule has 1 N–H and O–H groups in total. The second kappa shape index (κ2) is 3.57. The molecule has 0 aliphatic heterocycles. The van der Waals surface area contributed by atoms with Gasteiger partial charge < -0.3 is 0 Å². The number of aromatic nitrogens is 2. The molecule has 0 saturated heterocycles. The Kier molecular flexibility index (Phi) is 2.25. The van der Waals surface area contributed by atoms with E-state index in [9.17, 15) is 9.59 Å². The van der Waals surface area contributed by atoms with Crippen molar-refractivity contribution in [3.05, 3.63) is 62.9 Å². The third-order valence-corrected chi connectivity index (χ3v) is 2.14. The lowest BCUT2D eigenvalue weighted by Gasteiger charge is -2.03. The molecule has 0 unspecified atom stereocenters. The van der Waals surface area contributed by atoms with Crippen molar-refractivity contribution in [1.29, 1.82) is 0 Å². The lowest BCUT2D eigenvalue weighted by atomic mass is 10.2. The lowest BCUT2D eigenvalue weighted by molar-refractivity contribution is 0.896. The zero-order valence-electron chi connectivity index (χ0n) is 8.23. The number of H-pyrrole nitrogens is 1. The highest BCUT2D eigenvalue weighted by molar-refractivity contribution is 5.33. The summed E-state index contributed by atoms with van der Waals surface area (Å²) < 4.78 is 1.39. The summed E-state index contributed by atoms with van der Waals surface area (Å²) >= 11 is 0. The SMILES string of the molecule is Cc1ccc(-n2ccc(=O)[nH]c2=O)cc1. The smallest absolute Gasteiger partial charge is 0.274 e. The van der Waals surface area contributed by atoms with E-state index in [-0.39, 0.29) is 5.56 Å². The minimum Gasteiger partial charge on any atom is -0.274 e. The first-order chi connectivity index (χ1) is 7.16. The third-order valence-electron chi connectivity index (χ3n) is 2.14. The first-order valence-electron chi connectivity index (χ1n) is 4.56. The molecule has 0 aliphatic rings. The van der Waals surface area contributed by atoms with Gasteiger partial charge in [-0.2, -0.15) is 0 Å². The largest absolute Gasteiger partial charge is 0.332 e. The predicted molar refractivity (Wildman–Crippen MR) is 57.4 cm³/mol. The van der Waals surface area contributed by atoms with E-state index in [1.54, 1.807) is 0 Å². The van der Waals surface area contributed by atoms with Crippen LogP contribution in [-0.2, 0) is 0 Å². The van der Waals surface area contributed by atoms with Gasteiger partial charge in [0.2, 0.25) is 0 Å². The molecule has 0 fully saturated rings. The van der Waals surface area contributed by atoms with Crippen LogP contribution in [0.5, 0.6) is 0 Å². The number of hydrogen-bond donors (Lipinski definition) is 1. The molecule has 2 aromatic rings. The van der Waals surface area contributed by atoms with Crippen molar-refractivity contribution in [2.75, 3.05) is 0 Å². The summed E-state index contributed by atoms with van der Waals surface area (Å²) in [6.45, 7) is 1.97. The van der Waals surface area contributed by atoms with Crippen LogP contribution in [0.25, 0.3) is 5.69 Å². The Morgan fingerprint density at radius 3 is 2.33 bits per heavy atom. The normalized spacial score (nSPS) is 10.2. The Hall–Kier alpha value is -2.10. The van der Waals surface area contributed by atoms with Gasteiger partial charge in [-0.25, -0.2) is 4.79 Å². The van der Waals surface area contributed by atoms with Gasteiger partial charge in [-0.3, -0.25) is 14.3 Å². The van der Waals surface area contributed by atoms with Crippen LogP contribution in [0.2, 0.25) is 0 Å². The maximum absolute atomic E-state index is 11.4. The maximum atomic E-state index is 11.4. The maximum Gasteiger partial charge on any atom is 0.332 e. The molecule has 4 nitrogen and oxygen atoms in total. The monoisotopic (exact) mass is 202 g/mol. The molecule has 1 aromatic heterocycles. The topological polar surface area (TPSA) is 54.9 Å². The van der Waals surface area contributed by atoms with Crippen LogP contribution in [0.15, 0.2) is 46.1 Å². The molecule has 76 valence electrons. The fraction of sp³-hybridized carbons (Fsp3) is 0.0909. The number of hydrogen-bond acceptors (Lipinski definition) is 2. The number of rotatable bonds is 1. The van der Waals surface area contributed by atoms with Crippen molar-refractivity contribution in [2.45, 2.75) is 6.92 Å². The molecule has 0 spiro atoms. The van der Waals surface area contributed by atoms with E-state index in [1.165, 1.54) is 16.8 Å². The zero-order valence-corrected chi connectivity index (χ0v) is 8.23. The lowest BCUT2D eigenvalue weighted by Crippen LogP contribution is -2.27. The van der Waals surface area contributed by atoms with Crippen molar-refractivity contribution in [2.24, 2.45) is 0 Å². The summed E-state index contributed by atoms with van der Waals surface area (Å²) in [6, 6.07) is 8.80. The highest BCUT2D eigenvalue weighted by Gasteiger charge is 1.98. The van der Waals surface area contributed by atoms with Crippen molar-refractivity contribution in [3.63, 3.8) is 0 Å². The molecule has 0 amide bonds. The summed E-state index contributed by atoms with van der Waals surface area (Å²) in [4.78, 5) is 24.5. The van der Waals surface area contributed by atoms with Crippen LogP contribution in [-0.4, -0.2) is 9.55 Å². The number of benzene rings is 1. The fourth-order valence-electron chi connectivity index (χ4n) is 1.33. The second-order valence-corrected chi connectivity index (χ2v) is 3.32. The average molecular weight is 202 g/mol. The zero-order chi connectivity index (χ0) is 10.8. The molecule has 0 atom stereocenters. The summed E-state index contributed by atoms with van der Waals surface area (Å²) in [5.41, 5.74) is 1.05. The number of nitrogens with one attached hydrogen (secondary N) is 1. The van der Waals surface area contributed by atoms with E-state index in [1.807, 2.05) is 31.2 Å². The van der Waals surface area contributed by atoms with Crippen LogP contribution in [0.3, 0.4) is 0 Å². The van der Waals surface area contributed by atoms with E-state index in [2.05, 4.69) is 4.98 Å². The van der Waals surface area contributed by atoms with Gasteiger partial charge in [-0.1, -0.05) is 17.7 Å². The van der Waals surface area contributed by atoms with Crippen LogP contribution in [0, 0.1) is 6.92 Å². The Bertz CT molecular complexity index is 579. The quantitative estimate of drug-likeness (QED) is 0.744. The van der Waals surface area contributed by atoms with Crippen LogP contribution in [0.1, 0.15) is 5.56 Å². The highest BCUT2D eigenvalue weighted by Crippen LogP contribution is 2.05. The number of aromatic amines is 1. The van der Waals surface area contributed by atoms with Gasteiger partial charge in [0.1, 0.15) is 0 Å². The fourth-order valence-corrected chi connectivity index (χ4v) is 1.33.